The van der Waals surface area contributed by atoms with Crippen LogP contribution in [0.2, 0.25) is 0 Å². The molecule has 104 valence electrons. The van der Waals surface area contributed by atoms with E-state index in [2.05, 4.69) is 11.1 Å². The van der Waals surface area contributed by atoms with Gasteiger partial charge in [0.25, 0.3) is 0 Å². The lowest BCUT2D eigenvalue weighted by molar-refractivity contribution is -0.127. The Balaban J connectivity index is 1.70. The second-order valence-electron chi connectivity index (χ2n) is 5.18. The summed E-state index contributed by atoms with van der Waals surface area (Å²) in [7, 11) is 0. The minimum atomic E-state index is 0.178. The second kappa shape index (κ2) is 5.71. The van der Waals surface area contributed by atoms with Gasteiger partial charge in [-0.15, -0.1) is 11.3 Å². The van der Waals surface area contributed by atoms with Gasteiger partial charge in [-0.3, -0.25) is 9.78 Å². The number of hydrogen-bond donors (Lipinski definition) is 0. The Morgan fingerprint density at radius 2 is 2.40 bits per heavy atom. The molecule has 0 N–H and O–H groups in total. The molecule has 20 heavy (non-hydrogen) atoms. The fourth-order valence-corrected chi connectivity index (χ4v) is 3.25. The Morgan fingerprint density at radius 3 is 3.10 bits per heavy atom. The third-order valence-corrected chi connectivity index (χ3v) is 4.48. The van der Waals surface area contributed by atoms with Crippen LogP contribution in [0.3, 0.4) is 0 Å². The van der Waals surface area contributed by atoms with E-state index in [4.69, 9.17) is 4.98 Å². The van der Waals surface area contributed by atoms with Gasteiger partial charge in [0.2, 0.25) is 5.91 Å². The van der Waals surface area contributed by atoms with Gasteiger partial charge in [0, 0.05) is 37.3 Å². The molecular formula is C15H17N3OS. The van der Waals surface area contributed by atoms with E-state index in [1.165, 1.54) is 0 Å². The topological polar surface area (TPSA) is 46.1 Å². The molecule has 1 amide bonds. The molecule has 5 heteroatoms. The number of likely N-dealkylation sites (tertiary alicyclic amines) is 1. The third-order valence-electron chi connectivity index (χ3n) is 3.69. The maximum absolute atomic E-state index is 11.4. The summed E-state index contributed by atoms with van der Waals surface area (Å²) in [6, 6.07) is 6.10. The van der Waals surface area contributed by atoms with E-state index in [1.54, 1.807) is 24.5 Å². The quantitative estimate of drug-likeness (QED) is 0.871. The van der Waals surface area contributed by atoms with Crippen molar-refractivity contribution in [1.29, 1.82) is 0 Å². The average molecular weight is 287 g/mol. The van der Waals surface area contributed by atoms with E-state index in [1.807, 2.05) is 22.4 Å². The molecular weight excluding hydrogens is 270 g/mol. The first kappa shape index (κ1) is 13.2. The van der Waals surface area contributed by atoms with Crippen molar-refractivity contribution in [1.82, 2.24) is 14.9 Å². The minimum absolute atomic E-state index is 0.178. The van der Waals surface area contributed by atoms with Crippen LogP contribution >= 0.6 is 11.3 Å². The summed E-state index contributed by atoms with van der Waals surface area (Å²) < 4.78 is 0. The summed E-state index contributed by atoms with van der Waals surface area (Å²) in [5.74, 6) is 0.704. The number of pyridine rings is 1. The fourth-order valence-electron chi connectivity index (χ4n) is 2.64. The van der Waals surface area contributed by atoms with Gasteiger partial charge >= 0.3 is 0 Å². The van der Waals surface area contributed by atoms with Crippen LogP contribution in [-0.2, 0) is 11.2 Å². The molecule has 0 radical (unpaired) electrons. The first-order valence-corrected chi connectivity index (χ1v) is 7.71. The molecule has 1 aliphatic rings. The van der Waals surface area contributed by atoms with E-state index >= 15 is 0 Å². The normalized spacial score (nSPS) is 18.4. The van der Waals surface area contributed by atoms with Gasteiger partial charge in [-0.05, 0) is 30.9 Å². The number of amides is 1. The Bertz CT molecular complexity index is 597. The molecule has 1 unspecified atom stereocenters. The highest BCUT2D eigenvalue weighted by molar-refractivity contribution is 7.13. The zero-order valence-electron chi connectivity index (χ0n) is 11.5. The van der Waals surface area contributed by atoms with Crippen molar-refractivity contribution in [2.75, 3.05) is 13.1 Å². The minimum Gasteiger partial charge on any atom is -0.343 e. The first-order valence-electron chi connectivity index (χ1n) is 6.83. The standard InChI is InChI=1S/C15H17N3OS/c1-11(19)18-7-5-12(10-18)9-13-3-2-4-14(17-13)15-16-6-8-20-15/h2-4,6,8,12H,5,7,9-10H2,1H3. The molecule has 3 rings (SSSR count). The highest BCUT2D eigenvalue weighted by Crippen LogP contribution is 2.23. The number of carbonyl (C=O) groups is 1. The van der Waals surface area contributed by atoms with Crippen molar-refractivity contribution in [2.45, 2.75) is 19.8 Å². The number of carbonyl (C=O) groups excluding carboxylic acids is 1. The number of aromatic nitrogens is 2. The van der Waals surface area contributed by atoms with Gasteiger partial charge in [0.05, 0.1) is 5.69 Å². The van der Waals surface area contributed by atoms with Crippen LogP contribution in [0.1, 0.15) is 19.0 Å². The van der Waals surface area contributed by atoms with E-state index in [-0.39, 0.29) is 5.91 Å². The molecule has 1 aliphatic heterocycles. The number of thiazole rings is 1. The van der Waals surface area contributed by atoms with Crippen LogP contribution in [0.25, 0.3) is 10.7 Å². The van der Waals surface area contributed by atoms with Crippen molar-refractivity contribution >= 4 is 17.2 Å². The van der Waals surface area contributed by atoms with Gasteiger partial charge in [0.15, 0.2) is 0 Å². The number of nitrogens with zero attached hydrogens (tertiary/aromatic N) is 3. The van der Waals surface area contributed by atoms with Crippen LogP contribution in [0.4, 0.5) is 0 Å². The fraction of sp³-hybridized carbons (Fsp3) is 0.400. The number of rotatable bonds is 3. The van der Waals surface area contributed by atoms with Crippen LogP contribution in [0, 0.1) is 5.92 Å². The maximum Gasteiger partial charge on any atom is 0.219 e. The summed E-state index contributed by atoms with van der Waals surface area (Å²) in [5, 5.41) is 2.93. The Kier molecular flexibility index (Phi) is 3.78. The molecule has 1 atom stereocenters. The summed E-state index contributed by atoms with van der Waals surface area (Å²) >= 11 is 1.61. The summed E-state index contributed by atoms with van der Waals surface area (Å²) in [6.45, 7) is 3.38. The van der Waals surface area contributed by atoms with Crippen LogP contribution in [0.15, 0.2) is 29.8 Å². The SMILES string of the molecule is CC(=O)N1CCC(Cc2cccc(-c3nccs3)n2)C1. The van der Waals surface area contributed by atoms with E-state index in [0.29, 0.717) is 5.92 Å². The lowest BCUT2D eigenvalue weighted by atomic mass is 10.0. The summed E-state index contributed by atoms with van der Waals surface area (Å²) in [5.41, 5.74) is 2.03. The maximum atomic E-state index is 11.4. The molecule has 1 fully saturated rings. The van der Waals surface area contributed by atoms with Gasteiger partial charge < -0.3 is 4.90 Å². The average Bonchev–Trinajstić information content (AvgIpc) is 3.10. The molecule has 0 aromatic carbocycles. The lowest BCUT2D eigenvalue weighted by Gasteiger charge is -2.13. The first-order chi connectivity index (χ1) is 9.72. The molecule has 2 aromatic rings. The van der Waals surface area contributed by atoms with Gasteiger partial charge in [-0.25, -0.2) is 4.98 Å². The third kappa shape index (κ3) is 2.88. The monoisotopic (exact) mass is 287 g/mol. The smallest absolute Gasteiger partial charge is 0.219 e. The molecule has 4 nitrogen and oxygen atoms in total. The summed E-state index contributed by atoms with van der Waals surface area (Å²) in [4.78, 5) is 22.3. The van der Waals surface area contributed by atoms with E-state index in [0.717, 1.165) is 42.3 Å². The zero-order valence-corrected chi connectivity index (χ0v) is 12.3. The summed E-state index contributed by atoms with van der Waals surface area (Å²) in [6.07, 6.45) is 3.81. The van der Waals surface area contributed by atoms with Crippen molar-refractivity contribution in [3.63, 3.8) is 0 Å². The molecule has 2 aromatic heterocycles. The predicted molar refractivity (Wildman–Crippen MR) is 79.4 cm³/mol. The molecule has 0 aliphatic carbocycles. The molecule has 0 spiro atoms. The largest absolute Gasteiger partial charge is 0.343 e. The molecule has 0 bridgehead atoms. The molecule has 0 saturated carbocycles. The van der Waals surface area contributed by atoms with Crippen molar-refractivity contribution in [2.24, 2.45) is 5.92 Å². The van der Waals surface area contributed by atoms with Gasteiger partial charge in [-0.2, -0.15) is 0 Å². The van der Waals surface area contributed by atoms with Crippen LogP contribution < -0.4 is 0 Å². The highest BCUT2D eigenvalue weighted by atomic mass is 32.1. The lowest BCUT2D eigenvalue weighted by Crippen LogP contribution is -2.26. The van der Waals surface area contributed by atoms with Crippen LogP contribution in [-0.4, -0.2) is 33.9 Å². The Hall–Kier alpha value is -1.75. The van der Waals surface area contributed by atoms with Crippen LogP contribution in [0.5, 0.6) is 0 Å². The van der Waals surface area contributed by atoms with Crippen molar-refractivity contribution < 1.29 is 4.79 Å². The highest BCUT2D eigenvalue weighted by Gasteiger charge is 2.24. The second-order valence-corrected chi connectivity index (χ2v) is 6.07. The van der Waals surface area contributed by atoms with Crippen molar-refractivity contribution in [3.05, 3.63) is 35.5 Å². The van der Waals surface area contributed by atoms with Gasteiger partial charge in [0.1, 0.15) is 5.01 Å². The predicted octanol–water partition coefficient (Wildman–Crippen LogP) is 2.62. The zero-order chi connectivity index (χ0) is 13.9. The van der Waals surface area contributed by atoms with E-state index in [9.17, 15) is 4.79 Å². The van der Waals surface area contributed by atoms with E-state index < -0.39 is 0 Å². The number of hydrogen-bond acceptors (Lipinski definition) is 4. The Morgan fingerprint density at radius 1 is 1.50 bits per heavy atom. The van der Waals surface area contributed by atoms with Gasteiger partial charge in [-0.1, -0.05) is 6.07 Å². The molecule has 3 heterocycles. The Labute approximate surface area is 122 Å². The van der Waals surface area contributed by atoms with Crippen molar-refractivity contribution in [3.8, 4) is 10.7 Å². The molecule has 1 saturated heterocycles.